The molecule has 0 saturated carbocycles. The van der Waals surface area contributed by atoms with Gasteiger partial charge in [0.05, 0.1) is 29.3 Å². The highest BCUT2D eigenvalue weighted by Crippen LogP contribution is 2.44. The highest BCUT2D eigenvalue weighted by atomic mass is 32.2. The number of benzene rings is 2. The van der Waals surface area contributed by atoms with Gasteiger partial charge in [-0.05, 0) is 69.1 Å². The van der Waals surface area contributed by atoms with Crippen molar-refractivity contribution < 1.29 is 22.7 Å². The number of rotatable bonds is 8. The Hall–Kier alpha value is -2.38. The van der Waals surface area contributed by atoms with E-state index in [0.29, 0.717) is 37.2 Å². The van der Waals surface area contributed by atoms with Gasteiger partial charge >= 0.3 is 5.97 Å². The minimum absolute atomic E-state index is 0.186. The van der Waals surface area contributed by atoms with Gasteiger partial charge in [0.1, 0.15) is 5.75 Å². The van der Waals surface area contributed by atoms with Gasteiger partial charge in [-0.2, -0.15) is 0 Å². The van der Waals surface area contributed by atoms with Gasteiger partial charge in [0, 0.05) is 0 Å². The summed E-state index contributed by atoms with van der Waals surface area (Å²) in [4.78, 5) is 13.2. The van der Waals surface area contributed by atoms with E-state index < -0.39 is 20.5 Å². The van der Waals surface area contributed by atoms with Crippen LogP contribution in [0.4, 0.5) is 0 Å². The zero-order valence-electron chi connectivity index (χ0n) is 17.5. The Bertz CT molecular complexity index is 935. The number of piperidine rings is 1. The second kappa shape index (κ2) is 9.62. The lowest BCUT2D eigenvalue weighted by atomic mass is 9.74. The molecule has 1 saturated heterocycles. The van der Waals surface area contributed by atoms with E-state index in [9.17, 15) is 13.2 Å². The average Bonchev–Trinajstić information content (AvgIpc) is 2.79. The van der Waals surface area contributed by atoms with Gasteiger partial charge in [-0.3, -0.25) is 4.79 Å². The van der Waals surface area contributed by atoms with Crippen molar-refractivity contribution in [1.82, 2.24) is 5.32 Å². The van der Waals surface area contributed by atoms with Crippen LogP contribution in [-0.2, 0) is 19.4 Å². The minimum Gasteiger partial charge on any atom is -0.497 e. The molecule has 3 rings (SSSR count). The van der Waals surface area contributed by atoms with Crippen LogP contribution in [0.3, 0.4) is 0 Å². The number of hydrogen-bond donors (Lipinski definition) is 1. The van der Waals surface area contributed by atoms with Crippen molar-refractivity contribution >= 4 is 15.8 Å². The normalized spacial score (nSPS) is 17.1. The molecule has 0 aromatic heterocycles. The molecule has 1 N–H and O–H groups in total. The van der Waals surface area contributed by atoms with Crippen LogP contribution in [0.5, 0.6) is 5.75 Å². The number of ether oxygens (including phenoxy) is 2. The molecule has 162 valence electrons. The SMILES string of the molecule is CCOC(=O)C1(CC(c2ccccc2)S(=O)(=O)c2ccc(OC)cc2)CCNCC1. The zero-order chi connectivity index (χ0) is 21.6. The molecule has 1 unspecified atom stereocenters. The molecule has 7 heteroatoms. The van der Waals surface area contributed by atoms with Gasteiger partial charge in [0.15, 0.2) is 9.84 Å². The van der Waals surface area contributed by atoms with Crippen molar-refractivity contribution in [2.24, 2.45) is 5.41 Å². The van der Waals surface area contributed by atoms with Crippen LogP contribution in [0, 0.1) is 5.41 Å². The number of sulfone groups is 1. The van der Waals surface area contributed by atoms with E-state index >= 15 is 0 Å². The summed E-state index contributed by atoms with van der Waals surface area (Å²) in [6, 6.07) is 15.5. The predicted octanol–water partition coefficient (Wildman–Crippen LogP) is 3.53. The third kappa shape index (κ3) is 4.68. The fraction of sp³-hybridized carbons (Fsp3) is 0.435. The van der Waals surface area contributed by atoms with Crippen molar-refractivity contribution in [3.63, 3.8) is 0 Å². The topological polar surface area (TPSA) is 81.7 Å². The Labute approximate surface area is 178 Å². The monoisotopic (exact) mass is 431 g/mol. The first-order valence-electron chi connectivity index (χ1n) is 10.2. The summed E-state index contributed by atoms with van der Waals surface area (Å²) in [5.41, 5.74) is -0.156. The van der Waals surface area contributed by atoms with Crippen molar-refractivity contribution in [2.45, 2.75) is 36.3 Å². The Morgan fingerprint density at radius 3 is 2.27 bits per heavy atom. The molecule has 0 radical (unpaired) electrons. The summed E-state index contributed by atoms with van der Waals surface area (Å²) >= 11 is 0. The van der Waals surface area contributed by atoms with Gasteiger partial charge < -0.3 is 14.8 Å². The quantitative estimate of drug-likeness (QED) is 0.644. The molecule has 1 aliphatic heterocycles. The van der Waals surface area contributed by atoms with E-state index in [1.807, 2.05) is 30.3 Å². The van der Waals surface area contributed by atoms with Gasteiger partial charge in [0.25, 0.3) is 0 Å². The summed E-state index contributed by atoms with van der Waals surface area (Å²) in [6.45, 7) is 3.36. The predicted molar refractivity (Wildman–Crippen MR) is 115 cm³/mol. The van der Waals surface area contributed by atoms with E-state index in [2.05, 4.69) is 5.32 Å². The number of carbonyl (C=O) groups is 1. The minimum atomic E-state index is -3.75. The van der Waals surface area contributed by atoms with Crippen LogP contribution in [0.2, 0.25) is 0 Å². The lowest BCUT2D eigenvalue weighted by molar-refractivity contribution is -0.157. The first-order valence-corrected chi connectivity index (χ1v) is 11.8. The van der Waals surface area contributed by atoms with Gasteiger partial charge in [-0.15, -0.1) is 0 Å². The second-order valence-electron chi connectivity index (χ2n) is 7.57. The molecule has 6 nitrogen and oxygen atoms in total. The number of methoxy groups -OCH3 is 1. The Balaban J connectivity index is 2.05. The smallest absolute Gasteiger partial charge is 0.312 e. The molecule has 1 aliphatic rings. The lowest BCUT2D eigenvalue weighted by Crippen LogP contribution is -2.44. The van der Waals surface area contributed by atoms with Crippen molar-refractivity contribution in [3.05, 3.63) is 60.2 Å². The van der Waals surface area contributed by atoms with Crippen LogP contribution in [-0.4, -0.2) is 41.2 Å². The van der Waals surface area contributed by atoms with E-state index in [0.717, 1.165) is 0 Å². The van der Waals surface area contributed by atoms with E-state index in [4.69, 9.17) is 9.47 Å². The average molecular weight is 432 g/mol. The molecule has 1 atom stereocenters. The largest absolute Gasteiger partial charge is 0.497 e. The Morgan fingerprint density at radius 2 is 1.70 bits per heavy atom. The molecular formula is C23H29NO5S. The van der Waals surface area contributed by atoms with E-state index in [-0.39, 0.29) is 23.9 Å². The molecule has 0 bridgehead atoms. The van der Waals surface area contributed by atoms with Crippen LogP contribution < -0.4 is 10.1 Å². The first kappa shape index (κ1) is 22.3. The summed E-state index contributed by atoms with van der Waals surface area (Å²) in [5, 5.41) is 2.41. The fourth-order valence-corrected chi connectivity index (χ4v) is 5.94. The maximum Gasteiger partial charge on any atom is 0.312 e. The molecule has 0 amide bonds. The third-order valence-electron chi connectivity index (χ3n) is 5.78. The first-order chi connectivity index (χ1) is 14.4. The summed E-state index contributed by atoms with van der Waals surface area (Å²) < 4.78 is 38.0. The highest BCUT2D eigenvalue weighted by Gasteiger charge is 2.46. The molecule has 1 fully saturated rings. The third-order valence-corrected chi connectivity index (χ3v) is 7.90. The van der Waals surface area contributed by atoms with Crippen LogP contribution >= 0.6 is 0 Å². The fourth-order valence-electron chi connectivity index (χ4n) is 4.04. The Morgan fingerprint density at radius 1 is 1.07 bits per heavy atom. The number of hydrogen-bond acceptors (Lipinski definition) is 6. The standard InChI is InChI=1S/C23H29NO5S/c1-3-29-22(25)23(13-15-24-16-14-23)17-21(18-7-5-4-6-8-18)30(26,27)20-11-9-19(28-2)10-12-20/h4-12,21,24H,3,13-17H2,1-2H3. The second-order valence-corrected chi connectivity index (χ2v) is 9.71. The summed E-state index contributed by atoms with van der Waals surface area (Å²) in [5.74, 6) is 0.281. The molecule has 2 aromatic carbocycles. The van der Waals surface area contributed by atoms with Gasteiger partial charge in [-0.25, -0.2) is 8.42 Å². The van der Waals surface area contributed by atoms with Crippen molar-refractivity contribution in [2.75, 3.05) is 26.8 Å². The molecule has 0 spiro atoms. The lowest BCUT2D eigenvalue weighted by Gasteiger charge is -2.37. The molecule has 1 heterocycles. The summed E-state index contributed by atoms with van der Waals surface area (Å²) in [6.07, 6.45) is 1.28. The maximum absolute atomic E-state index is 13.7. The maximum atomic E-state index is 13.7. The van der Waals surface area contributed by atoms with Crippen LogP contribution in [0.25, 0.3) is 0 Å². The number of esters is 1. The number of nitrogens with one attached hydrogen (secondary N) is 1. The zero-order valence-corrected chi connectivity index (χ0v) is 18.3. The van der Waals surface area contributed by atoms with Gasteiger partial charge in [-0.1, -0.05) is 30.3 Å². The van der Waals surface area contributed by atoms with Gasteiger partial charge in [0.2, 0.25) is 0 Å². The van der Waals surface area contributed by atoms with Crippen molar-refractivity contribution in [1.29, 1.82) is 0 Å². The van der Waals surface area contributed by atoms with Crippen molar-refractivity contribution in [3.8, 4) is 5.75 Å². The highest BCUT2D eigenvalue weighted by molar-refractivity contribution is 7.91. The molecule has 30 heavy (non-hydrogen) atoms. The molecule has 0 aliphatic carbocycles. The molecule has 2 aromatic rings. The Kier molecular flexibility index (Phi) is 7.15. The van der Waals surface area contributed by atoms with E-state index in [1.54, 1.807) is 31.2 Å². The van der Waals surface area contributed by atoms with E-state index in [1.165, 1.54) is 7.11 Å². The number of carbonyl (C=O) groups excluding carboxylic acids is 1. The molecular weight excluding hydrogens is 402 g/mol. The van der Waals surface area contributed by atoms with Crippen LogP contribution in [0.15, 0.2) is 59.5 Å². The van der Waals surface area contributed by atoms with Crippen LogP contribution in [0.1, 0.15) is 37.0 Å². The summed E-state index contributed by atoms with van der Waals surface area (Å²) in [7, 11) is -2.21.